The number of rotatable bonds is 7. The Labute approximate surface area is 116 Å². The molecule has 92 valence electrons. The van der Waals surface area contributed by atoms with E-state index in [1.54, 1.807) is 0 Å². The molecule has 0 aromatic rings. The van der Waals surface area contributed by atoms with Crippen LogP contribution >= 0.6 is 0 Å². The Morgan fingerprint density at radius 2 is 1.13 bits per heavy atom. The number of hydrogen-bond donors (Lipinski definition) is 1. The average molecular weight is 431 g/mol. The smallest absolute Gasteiger partial charge is 0.376 e. The standard InChI is InChI=1S/C6H16O3Si.C3H9N.Pb/c1-4-7-10(8-5-2)9-6-3;1-2-3-4;/h10H,4-6H2,1-3H3;2-4H2,1H3;. The second-order valence-electron chi connectivity index (χ2n) is 2.44. The minimum atomic E-state index is -1.73. The predicted octanol–water partition coefficient (Wildman–Crippen LogP) is 0.787. The van der Waals surface area contributed by atoms with E-state index >= 15 is 0 Å². The third-order valence-electron chi connectivity index (χ3n) is 1.20. The molecule has 0 rings (SSSR count). The van der Waals surface area contributed by atoms with Crippen LogP contribution in [0.4, 0.5) is 0 Å². The van der Waals surface area contributed by atoms with Gasteiger partial charge in [0.25, 0.3) is 0 Å². The van der Waals surface area contributed by atoms with Crippen molar-refractivity contribution in [2.24, 2.45) is 5.73 Å². The van der Waals surface area contributed by atoms with E-state index in [4.69, 9.17) is 19.0 Å². The fourth-order valence-corrected chi connectivity index (χ4v) is 1.66. The minimum absolute atomic E-state index is 0. The maximum Gasteiger partial charge on any atom is 0.484 e. The third-order valence-corrected chi connectivity index (χ3v) is 3.01. The van der Waals surface area contributed by atoms with Crippen molar-refractivity contribution in [2.45, 2.75) is 34.1 Å². The summed E-state index contributed by atoms with van der Waals surface area (Å²) in [6.07, 6.45) is 1.10. The van der Waals surface area contributed by atoms with Gasteiger partial charge in [-0.3, -0.25) is 0 Å². The van der Waals surface area contributed by atoms with Crippen LogP contribution in [0.15, 0.2) is 0 Å². The van der Waals surface area contributed by atoms with Crippen LogP contribution in [0, 0.1) is 0 Å². The molecule has 6 heteroatoms. The zero-order chi connectivity index (χ0) is 11.2. The van der Waals surface area contributed by atoms with Gasteiger partial charge in [-0.1, -0.05) is 6.92 Å². The Bertz CT molecular complexity index is 85.2. The van der Waals surface area contributed by atoms with Crippen molar-refractivity contribution in [3.8, 4) is 0 Å². The van der Waals surface area contributed by atoms with E-state index in [1.807, 2.05) is 20.8 Å². The van der Waals surface area contributed by atoms with Gasteiger partial charge in [-0.15, -0.1) is 0 Å². The van der Waals surface area contributed by atoms with Gasteiger partial charge in [0.05, 0.1) is 0 Å². The van der Waals surface area contributed by atoms with Crippen molar-refractivity contribution in [2.75, 3.05) is 26.4 Å². The van der Waals surface area contributed by atoms with Crippen molar-refractivity contribution in [1.82, 2.24) is 0 Å². The molecule has 0 bridgehead atoms. The summed E-state index contributed by atoms with van der Waals surface area (Å²) >= 11 is 0. The molecule has 0 unspecified atom stereocenters. The molecule has 0 atom stereocenters. The molecule has 0 spiro atoms. The first-order valence-corrected chi connectivity index (χ1v) is 6.72. The number of hydrogen-bond acceptors (Lipinski definition) is 4. The Morgan fingerprint density at radius 3 is 1.27 bits per heavy atom. The third kappa shape index (κ3) is 20.9. The molecule has 0 fully saturated rings. The Morgan fingerprint density at radius 1 is 0.867 bits per heavy atom. The zero-order valence-corrected chi connectivity index (χ0v) is 15.5. The first kappa shape index (κ1) is 21.3. The first-order valence-electron chi connectivity index (χ1n) is 5.31. The van der Waals surface area contributed by atoms with Gasteiger partial charge in [0.1, 0.15) is 0 Å². The van der Waals surface area contributed by atoms with E-state index in [9.17, 15) is 0 Å². The van der Waals surface area contributed by atoms with Gasteiger partial charge in [-0.25, -0.2) is 0 Å². The summed E-state index contributed by atoms with van der Waals surface area (Å²) in [5.74, 6) is 0. The molecule has 4 nitrogen and oxygen atoms in total. The van der Waals surface area contributed by atoms with E-state index in [1.165, 1.54) is 0 Å². The molecule has 0 aromatic carbocycles. The molecule has 0 heterocycles. The molecular weight excluding hydrogens is 405 g/mol. The minimum Gasteiger partial charge on any atom is -0.376 e. The zero-order valence-electron chi connectivity index (χ0n) is 10.4. The Kier molecular flexibility index (Phi) is 28.9. The van der Waals surface area contributed by atoms with Crippen LogP contribution in [0.3, 0.4) is 0 Å². The van der Waals surface area contributed by atoms with Crippen molar-refractivity contribution < 1.29 is 13.3 Å². The van der Waals surface area contributed by atoms with Gasteiger partial charge in [-0.2, -0.15) is 0 Å². The summed E-state index contributed by atoms with van der Waals surface area (Å²) in [6.45, 7) is 10.7. The topological polar surface area (TPSA) is 53.7 Å². The second kappa shape index (κ2) is 20.4. The average Bonchev–Trinajstić information content (AvgIpc) is 2.20. The predicted molar refractivity (Wildman–Crippen MR) is 67.1 cm³/mol. The van der Waals surface area contributed by atoms with Crippen molar-refractivity contribution in [1.29, 1.82) is 0 Å². The van der Waals surface area contributed by atoms with Crippen LogP contribution in [-0.2, 0) is 13.3 Å². The van der Waals surface area contributed by atoms with Crippen LogP contribution < -0.4 is 5.73 Å². The number of nitrogens with two attached hydrogens (primary N) is 1. The summed E-state index contributed by atoms with van der Waals surface area (Å²) < 4.78 is 15.7. The van der Waals surface area contributed by atoms with Gasteiger partial charge in [0.2, 0.25) is 0 Å². The summed E-state index contributed by atoms with van der Waals surface area (Å²) in [4.78, 5) is 0. The van der Waals surface area contributed by atoms with E-state index in [-0.39, 0.29) is 27.3 Å². The van der Waals surface area contributed by atoms with Gasteiger partial charge in [-0.05, 0) is 33.7 Å². The van der Waals surface area contributed by atoms with E-state index in [0.29, 0.717) is 19.8 Å². The summed E-state index contributed by atoms with van der Waals surface area (Å²) in [5, 5.41) is 0. The van der Waals surface area contributed by atoms with Gasteiger partial charge >= 0.3 is 9.53 Å². The van der Waals surface area contributed by atoms with Crippen LogP contribution in [0.25, 0.3) is 0 Å². The maximum absolute atomic E-state index is 5.22. The van der Waals surface area contributed by atoms with Gasteiger partial charge in [0, 0.05) is 47.1 Å². The van der Waals surface area contributed by atoms with E-state index in [2.05, 4.69) is 6.92 Å². The fourth-order valence-electron chi connectivity index (χ4n) is 0.553. The normalized spacial score (nSPS) is 9.20. The summed E-state index contributed by atoms with van der Waals surface area (Å²) in [7, 11) is -1.73. The van der Waals surface area contributed by atoms with Crippen molar-refractivity contribution in [3.05, 3.63) is 0 Å². The fraction of sp³-hybridized carbons (Fsp3) is 1.00. The van der Waals surface area contributed by atoms with Crippen molar-refractivity contribution in [3.63, 3.8) is 0 Å². The van der Waals surface area contributed by atoms with Crippen LogP contribution in [0.2, 0.25) is 0 Å². The van der Waals surface area contributed by atoms with E-state index in [0.717, 1.165) is 13.0 Å². The molecule has 2 N–H and O–H groups in total. The molecule has 0 saturated carbocycles. The second-order valence-corrected chi connectivity index (χ2v) is 4.02. The van der Waals surface area contributed by atoms with Crippen LogP contribution in [-0.4, -0.2) is 63.2 Å². The molecule has 0 aliphatic heterocycles. The SMILES string of the molecule is CCCN.CCO[SiH](OCC)OCC.[Pb]. The first-order chi connectivity index (χ1) is 6.76. The van der Waals surface area contributed by atoms with Crippen molar-refractivity contribution >= 4 is 36.8 Å². The van der Waals surface area contributed by atoms with Gasteiger partial charge < -0.3 is 19.0 Å². The quantitative estimate of drug-likeness (QED) is 0.607. The summed E-state index contributed by atoms with van der Waals surface area (Å²) in [6, 6.07) is 0. The molecule has 0 saturated heterocycles. The Balaban J connectivity index is -0.000000249. The summed E-state index contributed by atoms with van der Waals surface area (Å²) in [5.41, 5.74) is 5.03. The molecule has 0 aliphatic rings. The van der Waals surface area contributed by atoms with Crippen LogP contribution in [0.1, 0.15) is 34.1 Å². The maximum atomic E-state index is 5.22. The molecule has 0 aromatic heterocycles. The molecular formula is C9H25NO3PbSi. The Hall–Kier alpha value is 0.979. The van der Waals surface area contributed by atoms with E-state index < -0.39 is 9.53 Å². The largest absolute Gasteiger partial charge is 0.484 e. The molecule has 0 amide bonds. The molecule has 15 heavy (non-hydrogen) atoms. The van der Waals surface area contributed by atoms with Gasteiger partial charge in [0.15, 0.2) is 0 Å². The molecule has 4 radical (unpaired) electrons. The van der Waals surface area contributed by atoms with Crippen LogP contribution in [0.5, 0.6) is 0 Å². The molecule has 0 aliphatic carbocycles. The monoisotopic (exact) mass is 431 g/mol.